The molecule has 0 bridgehead atoms. The molecule has 1 aromatic carbocycles. The Hall–Kier alpha value is -1.58. The molecule has 0 saturated heterocycles. The van der Waals surface area contributed by atoms with Gasteiger partial charge in [0.05, 0.1) is 12.9 Å². The lowest BCUT2D eigenvalue weighted by Gasteiger charge is -2.27. The van der Waals surface area contributed by atoms with Gasteiger partial charge in [0.15, 0.2) is 0 Å². The minimum Gasteiger partial charge on any atom is -0.469 e. The Bertz CT molecular complexity index is 535. The van der Waals surface area contributed by atoms with Gasteiger partial charge in [-0.25, -0.2) is 0 Å². The zero-order valence-corrected chi connectivity index (χ0v) is 11.6. The number of rotatable bonds is 5. The molecule has 3 heteroatoms. The maximum atomic E-state index is 9.63. The fraction of sp³-hybridized carbons (Fsp3) is 0.412. The molecular formula is C17H21NO2. The lowest BCUT2D eigenvalue weighted by atomic mass is 9.92. The van der Waals surface area contributed by atoms with Crippen molar-refractivity contribution in [3.8, 4) is 0 Å². The third kappa shape index (κ3) is 2.94. The Labute approximate surface area is 119 Å². The average Bonchev–Trinajstić information content (AvgIpc) is 2.97. The van der Waals surface area contributed by atoms with E-state index in [0.717, 1.165) is 31.4 Å². The molecule has 2 atom stereocenters. The van der Waals surface area contributed by atoms with Crippen LogP contribution in [0, 0.1) is 0 Å². The third-order valence-electron chi connectivity index (χ3n) is 4.03. The number of benzene rings is 1. The van der Waals surface area contributed by atoms with Crippen LogP contribution in [0.1, 0.15) is 35.8 Å². The van der Waals surface area contributed by atoms with Gasteiger partial charge >= 0.3 is 0 Å². The highest BCUT2D eigenvalue weighted by atomic mass is 16.3. The molecule has 2 N–H and O–H groups in total. The van der Waals surface area contributed by atoms with Gasteiger partial charge < -0.3 is 14.8 Å². The summed E-state index contributed by atoms with van der Waals surface area (Å²) in [7, 11) is 0. The van der Waals surface area contributed by atoms with E-state index in [2.05, 4.69) is 23.5 Å². The molecule has 1 unspecified atom stereocenters. The van der Waals surface area contributed by atoms with Crippen molar-refractivity contribution >= 4 is 0 Å². The van der Waals surface area contributed by atoms with Crippen LogP contribution in [-0.4, -0.2) is 17.8 Å². The van der Waals surface area contributed by atoms with Gasteiger partial charge in [0.1, 0.15) is 5.76 Å². The maximum Gasteiger partial charge on any atom is 0.108 e. The molecule has 2 aromatic rings. The zero-order chi connectivity index (χ0) is 13.8. The summed E-state index contributed by atoms with van der Waals surface area (Å²) in [4.78, 5) is 0. The number of nitrogens with one attached hydrogen (secondary N) is 1. The summed E-state index contributed by atoms with van der Waals surface area (Å²) in [5.74, 6) is 1.10. The quantitative estimate of drug-likeness (QED) is 0.879. The maximum absolute atomic E-state index is 9.63. The van der Waals surface area contributed by atoms with E-state index in [1.807, 2.05) is 18.2 Å². The summed E-state index contributed by atoms with van der Waals surface area (Å²) in [5, 5.41) is 13.2. The number of aryl methyl sites for hydroxylation is 1. The second kappa shape index (κ2) is 6.25. The summed E-state index contributed by atoms with van der Waals surface area (Å²) in [6, 6.07) is 12.8. The van der Waals surface area contributed by atoms with Crippen LogP contribution in [0.3, 0.4) is 0 Å². The first kappa shape index (κ1) is 13.4. The van der Waals surface area contributed by atoms with Crippen LogP contribution in [0.5, 0.6) is 0 Å². The Balaban J connectivity index is 1.67. The number of aliphatic hydroxyl groups is 1. The predicted octanol–water partition coefficient (Wildman–Crippen LogP) is 2.85. The number of fused-ring (bicyclic) bond motifs is 1. The average molecular weight is 271 g/mol. The molecule has 106 valence electrons. The van der Waals surface area contributed by atoms with Crippen LogP contribution >= 0.6 is 0 Å². The first-order chi connectivity index (χ1) is 9.86. The van der Waals surface area contributed by atoms with Crippen LogP contribution < -0.4 is 5.32 Å². The van der Waals surface area contributed by atoms with E-state index >= 15 is 0 Å². The van der Waals surface area contributed by atoms with E-state index in [4.69, 9.17) is 4.42 Å². The lowest BCUT2D eigenvalue weighted by Crippen LogP contribution is -2.38. The lowest BCUT2D eigenvalue weighted by molar-refractivity contribution is 0.224. The second-order valence-corrected chi connectivity index (χ2v) is 5.48. The predicted molar refractivity (Wildman–Crippen MR) is 78.5 cm³/mol. The van der Waals surface area contributed by atoms with Crippen LogP contribution in [0.2, 0.25) is 0 Å². The summed E-state index contributed by atoms with van der Waals surface area (Å²) >= 11 is 0. The molecule has 0 saturated carbocycles. The van der Waals surface area contributed by atoms with Crippen LogP contribution in [0.15, 0.2) is 47.1 Å². The van der Waals surface area contributed by atoms with Crippen molar-refractivity contribution < 1.29 is 9.52 Å². The van der Waals surface area contributed by atoms with Gasteiger partial charge in [-0.05, 0) is 30.9 Å². The minimum absolute atomic E-state index is 0.0863. The van der Waals surface area contributed by atoms with E-state index in [9.17, 15) is 5.11 Å². The Morgan fingerprint density at radius 2 is 2.10 bits per heavy atom. The molecule has 20 heavy (non-hydrogen) atoms. The molecule has 0 aliphatic heterocycles. The van der Waals surface area contributed by atoms with Crippen molar-refractivity contribution in [2.24, 2.45) is 0 Å². The van der Waals surface area contributed by atoms with Gasteiger partial charge in [0, 0.05) is 24.1 Å². The fourth-order valence-electron chi connectivity index (χ4n) is 3.02. The van der Waals surface area contributed by atoms with Gasteiger partial charge in [-0.15, -0.1) is 0 Å². The zero-order valence-electron chi connectivity index (χ0n) is 11.6. The van der Waals surface area contributed by atoms with E-state index in [1.165, 1.54) is 11.1 Å². The van der Waals surface area contributed by atoms with Crippen molar-refractivity contribution in [3.05, 3.63) is 59.5 Å². The Morgan fingerprint density at radius 3 is 2.90 bits per heavy atom. The van der Waals surface area contributed by atoms with Crippen molar-refractivity contribution in [1.29, 1.82) is 0 Å². The molecule has 0 amide bonds. The van der Waals surface area contributed by atoms with Gasteiger partial charge in [0.25, 0.3) is 0 Å². The molecule has 1 aromatic heterocycles. The van der Waals surface area contributed by atoms with E-state index < -0.39 is 0 Å². The molecule has 0 radical (unpaired) electrons. The van der Waals surface area contributed by atoms with Crippen LogP contribution in [0.25, 0.3) is 0 Å². The monoisotopic (exact) mass is 271 g/mol. The third-order valence-corrected chi connectivity index (χ3v) is 4.03. The summed E-state index contributed by atoms with van der Waals surface area (Å²) < 4.78 is 5.52. The molecule has 0 fully saturated rings. The molecular weight excluding hydrogens is 250 g/mol. The Kier molecular flexibility index (Phi) is 4.19. The molecule has 3 nitrogen and oxygen atoms in total. The largest absolute Gasteiger partial charge is 0.469 e. The normalized spacial score (nSPS) is 19.6. The van der Waals surface area contributed by atoms with Crippen molar-refractivity contribution in [1.82, 2.24) is 5.32 Å². The number of furan rings is 1. The van der Waals surface area contributed by atoms with Gasteiger partial charge in [0.2, 0.25) is 0 Å². The molecule has 1 aliphatic rings. The molecule has 3 rings (SSSR count). The van der Waals surface area contributed by atoms with Crippen molar-refractivity contribution in [2.75, 3.05) is 6.61 Å². The highest BCUT2D eigenvalue weighted by Crippen LogP contribution is 2.30. The van der Waals surface area contributed by atoms with Gasteiger partial charge in [-0.2, -0.15) is 0 Å². The second-order valence-electron chi connectivity index (χ2n) is 5.48. The van der Waals surface area contributed by atoms with Crippen LogP contribution in [0.4, 0.5) is 0 Å². The van der Waals surface area contributed by atoms with Crippen LogP contribution in [-0.2, 0) is 12.8 Å². The standard InChI is InChI=1S/C17H21NO2/c19-12-14(11-13-5-2-1-3-6-13)18-16-7-4-8-17-15(16)9-10-20-17/h1-3,5-6,9-10,14,16,18-19H,4,7-8,11-12H2/t14-,16?/m1/s1. The minimum atomic E-state index is 0.0863. The fourth-order valence-corrected chi connectivity index (χ4v) is 3.02. The van der Waals surface area contributed by atoms with E-state index in [1.54, 1.807) is 6.26 Å². The Morgan fingerprint density at radius 1 is 1.25 bits per heavy atom. The van der Waals surface area contributed by atoms with Gasteiger partial charge in [-0.1, -0.05) is 30.3 Å². The number of hydrogen-bond donors (Lipinski definition) is 2. The SMILES string of the molecule is OC[C@@H](Cc1ccccc1)NC1CCCc2occc21. The van der Waals surface area contributed by atoms with Gasteiger partial charge in [-0.3, -0.25) is 0 Å². The first-order valence-electron chi connectivity index (χ1n) is 7.34. The van der Waals surface area contributed by atoms with E-state index in [0.29, 0.717) is 6.04 Å². The van der Waals surface area contributed by atoms with Crippen molar-refractivity contribution in [3.63, 3.8) is 0 Å². The highest BCUT2D eigenvalue weighted by Gasteiger charge is 2.24. The summed E-state index contributed by atoms with van der Waals surface area (Å²) in [6.45, 7) is 0.151. The molecule has 1 heterocycles. The first-order valence-corrected chi connectivity index (χ1v) is 7.34. The molecule has 0 spiro atoms. The van der Waals surface area contributed by atoms with E-state index in [-0.39, 0.29) is 12.6 Å². The topological polar surface area (TPSA) is 45.4 Å². The summed E-state index contributed by atoms with van der Waals surface area (Å²) in [5.41, 5.74) is 2.52. The smallest absolute Gasteiger partial charge is 0.108 e. The van der Waals surface area contributed by atoms with Crippen molar-refractivity contribution in [2.45, 2.75) is 37.8 Å². The summed E-state index contributed by atoms with van der Waals surface area (Å²) in [6.07, 6.45) is 5.90. The number of hydrogen-bond acceptors (Lipinski definition) is 3. The number of aliphatic hydroxyl groups excluding tert-OH is 1. The molecule has 1 aliphatic carbocycles. The highest BCUT2D eigenvalue weighted by molar-refractivity contribution is 5.24.